The molecule has 1 fully saturated rings. The molecule has 0 radical (unpaired) electrons. The Balaban J connectivity index is 2.25. The molecule has 0 spiro atoms. The van der Waals surface area contributed by atoms with Gasteiger partial charge in [0, 0.05) is 19.0 Å². The number of hydrogen-bond acceptors (Lipinski definition) is 5. The second-order valence-electron chi connectivity index (χ2n) is 7.22. The van der Waals surface area contributed by atoms with E-state index in [9.17, 15) is 28.1 Å². The van der Waals surface area contributed by atoms with Gasteiger partial charge in [0.15, 0.2) is 0 Å². The lowest BCUT2D eigenvalue weighted by atomic mass is 9.92. The first-order chi connectivity index (χ1) is 12.3. The summed E-state index contributed by atoms with van der Waals surface area (Å²) in [5.74, 6) is -0.621. The minimum absolute atomic E-state index is 0.187. The summed E-state index contributed by atoms with van der Waals surface area (Å²) in [6.45, 7) is 5.53. The molecule has 11 heteroatoms. The third-order valence-corrected chi connectivity index (χ3v) is 4.27. The van der Waals surface area contributed by atoms with Crippen LogP contribution in [0.4, 0.5) is 23.7 Å². The van der Waals surface area contributed by atoms with Crippen molar-refractivity contribution in [2.45, 2.75) is 51.3 Å². The van der Waals surface area contributed by atoms with Crippen molar-refractivity contribution in [1.29, 1.82) is 0 Å². The van der Waals surface area contributed by atoms with Crippen molar-refractivity contribution >= 4 is 23.4 Å². The Labute approximate surface area is 158 Å². The Morgan fingerprint density at radius 3 is 2.33 bits per heavy atom. The molecule has 1 aliphatic rings. The second kappa shape index (κ2) is 7.49. The van der Waals surface area contributed by atoms with Gasteiger partial charge >= 0.3 is 18.0 Å². The summed E-state index contributed by atoms with van der Waals surface area (Å²) in [7, 11) is 0. The molecular weight excluding hydrogens is 391 g/mol. The third-order valence-electron chi connectivity index (χ3n) is 3.98. The van der Waals surface area contributed by atoms with Crippen LogP contribution in [-0.2, 0) is 10.9 Å². The molecule has 0 saturated carbocycles. The summed E-state index contributed by atoms with van der Waals surface area (Å²) in [6.07, 6.45) is -4.88. The van der Waals surface area contributed by atoms with Crippen LogP contribution in [0.2, 0.25) is 5.02 Å². The largest absolute Gasteiger partial charge is 0.444 e. The number of nitro groups is 1. The molecule has 1 amide bonds. The molecule has 0 unspecified atom stereocenters. The molecule has 1 aliphatic heterocycles. The summed E-state index contributed by atoms with van der Waals surface area (Å²) >= 11 is 5.74. The van der Waals surface area contributed by atoms with Gasteiger partial charge in [-0.2, -0.15) is 13.2 Å². The Morgan fingerprint density at radius 1 is 1.33 bits per heavy atom. The molecule has 7 nitrogen and oxygen atoms in total. The van der Waals surface area contributed by atoms with E-state index in [1.54, 1.807) is 20.8 Å². The van der Waals surface area contributed by atoms with Crippen LogP contribution in [0, 0.1) is 10.1 Å². The standard InChI is InChI=1S/C16H19ClF3N3O4/c1-15(2,3)27-14(24)22-6-4-9(5-7-22)12-13(23(25)26)10(17)8-11(21-12)16(18,19)20/h8-9H,4-7H2,1-3H3. The predicted molar refractivity (Wildman–Crippen MR) is 90.7 cm³/mol. The highest BCUT2D eigenvalue weighted by molar-refractivity contribution is 6.32. The smallest absolute Gasteiger partial charge is 0.433 e. The Kier molecular flexibility index (Phi) is 5.88. The first-order valence-corrected chi connectivity index (χ1v) is 8.57. The number of aromatic nitrogens is 1. The van der Waals surface area contributed by atoms with E-state index in [-0.39, 0.29) is 31.6 Å². The number of ether oxygens (including phenoxy) is 1. The van der Waals surface area contributed by atoms with Crippen LogP contribution in [0.3, 0.4) is 0 Å². The molecule has 0 atom stereocenters. The molecule has 1 aromatic rings. The molecule has 2 heterocycles. The number of piperidine rings is 1. The van der Waals surface area contributed by atoms with Crippen molar-refractivity contribution in [3.05, 3.63) is 32.6 Å². The zero-order valence-corrected chi connectivity index (χ0v) is 15.7. The molecule has 27 heavy (non-hydrogen) atoms. The molecule has 150 valence electrons. The van der Waals surface area contributed by atoms with Crippen molar-refractivity contribution in [3.63, 3.8) is 0 Å². The number of carbonyl (C=O) groups is 1. The van der Waals surface area contributed by atoms with Crippen molar-refractivity contribution in [2.75, 3.05) is 13.1 Å². The monoisotopic (exact) mass is 409 g/mol. The van der Waals surface area contributed by atoms with E-state index in [4.69, 9.17) is 16.3 Å². The number of halogens is 4. The molecule has 0 aromatic carbocycles. The van der Waals surface area contributed by atoms with E-state index in [1.165, 1.54) is 4.90 Å². The number of carbonyl (C=O) groups excluding carboxylic acids is 1. The van der Waals surface area contributed by atoms with Crippen molar-refractivity contribution < 1.29 is 27.6 Å². The third kappa shape index (κ3) is 5.21. The highest BCUT2D eigenvalue weighted by Gasteiger charge is 2.39. The fourth-order valence-corrected chi connectivity index (χ4v) is 3.07. The minimum atomic E-state index is -4.77. The van der Waals surface area contributed by atoms with Gasteiger partial charge < -0.3 is 9.64 Å². The van der Waals surface area contributed by atoms with Gasteiger partial charge in [0.05, 0.1) is 4.92 Å². The topological polar surface area (TPSA) is 85.6 Å². The van der Waals surface area contributed by atoms with Crippen molar-refractivity contribution in [1.82, 2.24) is 9.88 Å². The highest BCUT2D eigenvalue weighted by Crippen LogP contribution is 2.40. The fraction of sp³-hybridized carbons (Fsp3) is 0.625. The Bertz CT molecular complexity index is 742. The van der Waals surface area contributed by atoms with E-state index in [2.05, 4.69) is 4.98 Å². The molecule has 1 saturated heterocycles. The van der Waals surface area contributed by atoms with E-state index in [0.717, 1.165) is 0 Å². The van der Waals surface area contributed by atoms with Crippen LogP contribution in [0.15, 0.2) is 6.07 Å². The van der Waals surface area contributed by atoms with E-state index >= 15 is 0 Å². The lowest BCUT2D eigenvalue weighted by molar-refractivity contribution is -0.386. The quantitative estimate of drug-likeness (QED) is 0.518. The lowest BCUT2D eigenvalue weighted by Crippen LogP contribution is -2.41. The van der Waals surface area contributed by atoms with Gasteiger partial charge in [-0.1, -0.05) is 11.6 Å². The van der Waals surface area contributed by atoms with Crippen LogP contribution in [0.5, 0.6) is 0 Å². The van der Waals surface area contributed by atoms with Crippen LogP contribution >= 0.6 is 11.6 Å². The molecule has 2 rings (SSSR count). The summed E-state index contributed by atoms with van der Waals surface area (Å²) in [5, 5.41) is 10.7. The van der Waals surface area contributed by atoms with E-state index < -0.39 is 45.1 Å². The summed E-state index contributed by atoms with van der Waals surface area (Å²) in [5.41, 5.74) is -2.88. The maximum Gasteiger partial charge on any atom is 0.433 e. The van der Waals surface area contributed by atoms with Gasteiger partial charge in [0.1, 0.15) is 22.0 Å². The van der Waals surface area contributed by atoms with Gasteiger partial charge in [0.25, 0.3) is 0 Å². The summed E-state index contributed by atoms with van der Waals surface area (Å²) < 4.78 is 44.3. The molecule has 0 aliphatic carbocycles. The lowest BCUT2D eigenvalue weighted by Gasteiger charge is -2.33. The number of alkyl halides is 3. The normalized spacial score (nSPS) is 16.3. The van der Waals surface area contributed by atoms with E-state index in [1.807, 2.05) is 0 Å². The van der Waals surface area contributed by atoms with Gasteiger partial charge in [-0.25, -0.2) is 9.78 Å². The van der Waals surface area contributed by atoms with Crippen molar-refractivity contribution in [3.8, 4) is 0 Å². The fourth-order valence-electron chi connectivity index (χ4n) is 2.80. The zero-order chi connectivity index (χ0) is 20.6. The number of likely N-dealkylation sites (tertiary alicyclic amines) is 1. The SMILES string of the molecule is CC(C)(C)OC(=O)N1CCC(c2nc(C(F)(F)F)cc(Cl)c2[N+](=O)[O-])CC1. The Hall–Kier alpha value is -2.10. The van der Waals surface area contributed by atoms with Gasteiger partial charge in [-0.05, 0) is 39.7 Å². The van der Waals surface area contributed by atoms with Crippen LogP contribution in [-0.4, -0.2) is 39.6 Å². The maximum atomic E-state index is 13.0. The maximum absolute atomic E-state index is 13.0. The predicted octanol–water partition coefficient (Wildman–Crippen LogP) is 4.78. The number of hydrogen-bond donors (Lipinski definition) is 0. The number of pyridine rings is 1. The van der Waals surface area contributed by atoms with E-state index in [0.29, 0.717) is 6.07 Å². The van der Waals surface area contributed by atoms with Crippen LogP contribution in [0.25, 0.3) is 0 Å². The number of rotatable bonds is 2. The first kappa shape index (κ1) is 21.2. The number of nitrogens with zero attached hydrogens (tertiary/aromatic N) is 3. The highest BCUT2D eigenvalue weighted by atomic mass is 35.5. The average Bonchev–Trinajstić information content (AvgIpc) is 2.51. The van der Waals surface area contributed by atoms with Crippen LogP contribution < -0.4 is 0 Å². The summed E-state index contributed by atoms with van der Waals surface area (Å²) in [4.78, 5) is 27.5. The van der Waals surface area contributed by atoms with Gasteiger partial charge in [-0.15, -0.1) is 0 Å². The van der Waals surface area contributed by atoms with Crippen LogP contribution in [0.1, 0.15) is 50.9 Å². The van der Waals surface area contributed by atoms with Crippen molar-refractivity contribution in [2.24, 2.45) is 0 Å². The number of amides is 1. The van der Waals surface area contributed by atoms with Gasteiger partial charge in [0.2, 0.25) is 0 Å². The molecule has 0 N–H and O–H groups in total. The molecular formula is C16H19ClF3N3O4. The molecule has 1 aromatic heterocycles. The summed E-state index contributed by atoms with van der Waals surface area (Å²) in [6, 6.07) is 0.457. The molecule has 0 bridgehead atoms. The van der Waals surface area contributed by atoms with Gasteiger partial charge in [-0.3, -0.25) is 10.1 Å². The second-order valence-corrected chi connectivity index (χ2v) is 7.63. The zero-order valence-electron chi connectivity index (χ0n) is 15.0. The minimum Gasteiger partial charge on any atom is -0.444 e. The first-order valence-electron chi connectivity index (χ1n) is 8.19. The average molecular weight is 410 g/mol. The Morgan fingerprint density at radius 2 is 1.89 bits per heavy atom.